The number of carbonyl (C=O) groups excluding carboxylic acids is 2. The molecule has 1 atom stereocenters. The lowest BCUT2D eigenvalue weighted by Gasteiger charge is -2.45. The summed E-state index contributed by atoms with van der Waals surface area (Å²) in [6.45, 7) is 4.24. The van der Waals surface area contributed by atoms with Gasteiger partial charge >= 0.3 is 0 Å². The summed E-state index contributed by atoms with van der Waals surface area (Å²) in [6.07, 6.45) is 4.26. The number of hydrogen-bond donors (Lipinski definition) is 1. The molecule has 0 unspecified atom stereocenters. The number of benzene rings is 2. The van der Waals surface area contributed by atoms with Crippen LogP contribution in [0, 0.1) is 6.92 Å². The summed E-state index contributed by atoms with van der Waals surface area (Å²) in [5, 5.41) is 4.21. The first kappa shape index (κ1) is 20.6. The first-order chi connectivity index (χ1) is 15.4. The molecule has 2 aliphatic rings. The third-order valence-electron chi connectivity index (χ3n) is 7.03. The molecule has 166 valence electrons. The van der Waals surface area contributed by atoms with Crippen molar-refractivity contribution in [2.24, 2.45) is 0 Å². The summed E-state index contributed by atoms with van der Waals surface area (Å²) in [7, 11) is 1.63. The van der Waals surface area contributed by atoms with Crippen molar-refractivity contribution in [3.05, 3.63) is 59.8 Å². The maximum atomic E-state index is 13.9. The Labute approximate surface area is 188 Å². The minimum absolute atomic E-state index is 0.101. The van der Waals surface area contributed by atoms with Gasteiger partial charge in [0.05, 0.1) is 19.2 Å². The lowest BCUT2D eigenvalue weighted by atomic mass is 9.92. The van der Waals surface area contributed by atoms with Gasteiger partial charge in [-0.15, -0.1) is 0 Å². The van der Waals surface area contributed by atoms with Gasteiger partial charge in [0, 0.05) is 23.2 Å². The van der Waals surface area contributed by atoms with Gasteiger partial charge in [-0.3, -0.25) is 14.5 Å². The summed E-state index contributed by atoms with van der Waals surface area (Å²) in [6, 6.07) is 15.7. The van der Waals surface area contributed by atoms with E-state index >= 15 is 0 Å². The highest BCUT2D eigenvalue weighted by Crippen LogP contribution is 2.38. The molecule has 6 nitrogen and oxygen atoms in total. The monoisotopic (exact) mass is 431 g/mol. The zero-order chi connectivity index (χ0) is 22.5. The molecular weight excluding hydrogens is 402 g/mol. The molecule has 0 radical (unpaired) electrons. The molecule has 0 bridgehead atoms. The van der Waals surface area contributed by atoms with Crippen molar-refractivity contribution in [1.82, 2.24) is 9.88 Å². The Morgan fingerprint density at radius 1 is 1.12 bits per heavy atom. The third kappa shape index (κ3) is 3.17. The summed E-state index contributed by atoms with van der Waals surface area (Å²) in [5.74, 6) is 0.463. The van der Waals surface area contributed by atoms with Gasteiger partial charge in [0.1, 0.15) is 17.0 Å². The predicted octanol–water partition coefficient (Wildman–Crippen LogP) is 4.44. The normalized spacial score (nSPS) is 21.1. The van der Waals surface area contributed by atoms with Gasteiger partial charge in [-0.25, -0.2) is 0 Å². The van der Waals surface area contributed by atoms with Gasteiger partial charge < -0.3 is 14.6 Å². The van der Waals surface area contributed by atoms with Gasteiger partial charge in [-0.05, 0) is 56.5 Å². The SMILES string of the molecule is COc1ccc2cc3n(c2c1)C[C@@](C)(C(=O)NC1CCCC1)N(c1ccccc1C)C3=O. The highest BCUT2D eigenvalue weighted by Gasteiger charge is 2.49. The largest absolute Gasteiger partial charge is 0.497 e. The molecule has 6 heteroatoms. The molecule has 2 amide bonds. The molecule has 1 aliphatic heterocycles. The number of aryl methyl sites for hydroxylation is 1. The van der Waals surface area contributed by atoms with Crippen molar-refractivity contribution in [3.63, 3.8) is 0 Å². The first-order valence-corrected chi connectivity index (χ1v) is 11.3. The maximum absolute atomic E-state index is 13.9. The van der Waals surface area contributed by atoms with Gasteiger partial charge in [-0.2, -0.15) is 0 Å². The predicted molar refractivity (Wildman–Crippen MR) is 125 cm³/mol. The second-order valence-electron chi connectivity index (χ2n) is 9.20. The van der Waals surface area contributed by atoms with Crippen LogP contribution < -0.4 is 15.0 Å². The summed E-state index contributed by atoms with van der Waals surface area (Å²) in [5.41, 5.74) is 2.16. The molecule has 2 heterocycles. The number of anilines is 1. The minimum Gasteiger partial charge on any atom is -0.497 e. The first-order valence-electron chi connectivity index (χ1n) is 11.3. The van der Waals surface area contributed by atoms with Crippen molar-refractivity contribution in [2.45, 2.75) is 57.7 Å². The molecular formula is C26H29N3O3. The standard InChI is InChI=1S/C26H29N3O3/c1-17-8-4-7-11-21(17)29-24(30)23-14-18-12-13-20(32-3)15-22(18)28(23)16-26(29,2)25(31)27-19-9-5-6-10-19/h4,7-8,11-15,19H,5-6,9-10,16H2,1-3H3,(H,27,31)/t26-/m0/s1. The molecule has 1 saturated carbocycles. The topological polar surface area (TPSA) is 63.6 Å². The Kier molecular flexibility index (Phi) is 4.96. The highest BCUT2D eigenvalue weighted by atomic mass is 16.5. The van der Waals surface area contributed by atoms with Crippen molar-refractivity contribution < 1.29 is 14.3 Å². The number of amides is 2. The van der Waals surface area contributed by atoms with E-state index in [1.54, 1.807) is 12.0 Å². The number of carbonyl (C=O) groups is 2. The zero-order valence-corrected chi connectivity index (χ0v) is 18.9. The van der Waals surface area contributed by atoms with Crippen LogP contribution in [0.4, 0.5) is 5.69 Å². The number of aromatic nitrogens is 1. The number of hydrogen-bond acceptors (Lipinski definition) is 3. The Hall–Kier alpha value is -3.28. The van der Waals surface area contributed by atoms with E-state index in [1.807, 2.05) is 66.9 Å². The third-order valence-corrected chi connectivity index (χ3v) is 7.03. The molecule has 2 aromatic carbocycles. The van der Waals surface area contributed by atoms with Gasteiger partial charge in [0.15, 0.2) is 0 Å². The Morgan fingerprint density at radius 2 is 1.88 bits per heavy atom. The average molecular weight is 432 g/mol. The van der Waals surface area contributed by atoms with E-state index < -0.39 is 5.54 Å². The number of nitrogens with one attached hydrogen (secondary N) is 1. The van der Waals surface area contributed by atoms with Crippen molar-refractivity contribution in [2.75, 3.05) is 12.0 Å². The number of ether oxygens (including phenoxy) is 1. The van der Waals surface area contributed by atoms with Crippen molar-refractivity contribution in [3.8, 4) is 5.75 Å². The summed E-state index contributed by atoms with van der Waals surface area (Å²) in [4.78, 5) is 29.4. The van der Waals surface area contributed by atoms with Crippen LogP contribution in [0.3, 0.4) is 0 Å². The lowest BCUT2D eigenvalue weighted by molar-refractivity contribution is -0.127. The van der Waals surface area contributed by atoms with Crippen LogP contribution in [0.5, 0.6) is 5.75 Å². The van der Waals surface area contributed by atoms with E-state index in [-0.39, 0.29) is 17.9 Å². The fraction of sp³-hybridized carbons (Fsp3) is 0.385. The van der Waals surface area contributed by atoms with Crippen molar-refractivity contribution >= 4 is 28.4 Å². The second-order valence-corrected chi connectivity index (χ2v) is 9.20. The maximum Gasteiger partial charge on any atom is 0.275 e. The van der Waals surface area contributed by atoms with Gasteiger partial charge in [0.2, 0.25) is 5.91 Å². The fourth-order valence-corrected chi connectivity index (χ4v) is 5.20. The molecule has 1 aromatic heterocycles. The molecule has 5 rings (SSSR count). The molecule has 1 fully saturated rings. The fourth-order valence-electron chi connectivity index (χ4n) is 5.20. The van der Waals surface area contributed by atoms with Gasteiger partial charge in [0.25, 0.3) is 5.91 Å². The molecule has 0 spiro atoms. The van der Waals surface area contributed by atoms with Crippen molar-refractivity contribution in [1.29, 1.82) is 0 Å². The highest BCUT2D eigenvalue weighted by molar-refractivity contribution is 6.14. The summed E-state index contributed by atoms with van der Waals surface area (Å²) < 4.78 is 7.39. The smallest absolute Gasteiger partial charge is 0.275 e. The minimum atomic E-state index is -1.06. The number of nitrogens with zero attached hydrogens (tertiary/aromatic N) is 2. The molecule has 1 N–H and O–H groups in total. The van der Waals surface area contributed by atoms with E-state index in [9.17, 15) is 9.59 Å². The van der Waals surface area contributed by atoms with Gasteiger partial charge in [-0.1, -0.05) is 31.0 Å². The van der Waals surface area contributed by atoms with Crippen LogP contribution in [-0.2, 0) is 11.3 Å². The number of rotatable bonds is 4. The average Bonchev–Trinajstić information content (AvgIpc) is 3.42. The lowest BCUT2D eigenvalue weighted by Crippen LogP contribution is -2.65. The summed E-state index contributed by atoms with van der Waals surface area (Å²) >= 11 is 0. The van der Waals surface area contributed by atoms with E-state index in [0.29, 0.717) is 12.2 Å². The van der Waals surface area contributed by atoms with E-state index in [0.717, 1.165) is 53.6 Å². The quantitative estimate of drug-likeness (QED) is 0.664. The Balaban J connectivity index is 1.66. The number of methoxy groups -OCH3 is 1. The van der Waals surface area contributed by atoms with E-state index in [4.69, 9.17) is 4.74 Å². The second kappa shape index (κ2) is 7.69. The molecule has 32 heavy (non-hydrogen) atoms. The Morgan fingerprint density at radius 3 is 2.59 bits per heavy atom. The van der Waals surface area contributed by atoms with Crippen LogP contribution >= 0.6 is 0 Å². The van der Waals surface area contributed by atoms with Crippen LogP contribution in [0.15, 0.2) is 48.5 Å². The zero-order valence-electron chi connectivity index (χ0n) is 18.9. The van der Waals surface area contributed by atoms with Crippen LogP contribution in [-0.4, -0.2) is 35.1 Å². The van der Waals surface area contributed by atoms with Crippen LogP contribution in [0.1, 0.15) is 48.7 Å². The van der Waals surface area contributed by atoms with E-state index in [2.05, 4.69) is 5.32 Å². The molecule has 0 saturated heterocycles. The number of fused-ring (bicyclic) bond motifs is 3. The van der Waals surface area contributed by atoms with Crippen LogP contribution in [0.2, 0.25) is 0 Å². The molecule has 1 aliphatic carbocycles. The van der Waals surface area contributed by atoms with Crippen LogP contribution in [0.25, 0.3) is 10.9 Å². The Bertz CT molecular complexity index is 1210. The number of para-hydroxylation sites is 1. The van der Waals surface area contributed by atoms with E-state index in [1.165, 1.54) is 0 Å². The molecule has 3 aromatic rings.